The Bertz CT molecular complexity index is 545. The molecular formula is C13H16BrNO4S. The van der Waals surface area contributed by atoms with Crippen LogP contribution in [0.3, 0.4) is 0 Å². The molecule has 0 bridgehead atoms. The highest BCUT2D eigenvalue weighted by Gasteiger charge is 2.13. The van der Waals surface area contributed by atoms with E-state index < -0.39 is 16.8 Å². The summed E-state index contributed by atoms with van der Waals surface area (Å²) < 4.78 is 12.5. The molecule has 0 saturated heterocycles. The molecule has 0 heterocycles. The van der Waals surface area contributed by atoms with Crippen LogP contribution in [0.1, 0.15) is 30.6 Å². The van der Waals surface area contributed by atoms with Gasteiger partial charge < -0.3 is 10.4 Å². The molecule has 2 N–H and O–H groups in total. The van der Waals surface area contributed by atoms with Crippen LogP contribution in [-0.2, 0) is 15.6 Å². The van der Waals surface area contributed by atoms with E-state index in [2.05, 4.69) is 21.2 Å². The van der Waals surface area contributed by atoms with Crippen molar-refractivity contribution < 1.29 is 18.9 Å². The van der Waals surface area contributed by atoms with Crippen molar-refractivity contribution in [3.63, 3.8) is 0 Å². The monoisotopic (exact) mass is 361 g/mol. The van der Waals surface area contributed by atoms with Crippen molar-refractivity contribution in [2.24, 2.45) is 0 Å². The van der Waals surface area contributed by atoms with E-state index in [4.69, 9.17) is 5.11 Å². The van der Waals surface area contributed by atoms with E-state index in [1.807, 2.05) is 13.8 Å². The Labute approximate surface area is 128 Å². The SMILES string of the molecule is CC(C)NC(=O)CCS(=O)c1ccc(Br)c(C(=O)O)c1. The lowest BCUT2D eigenvalue weighted by molar-refractivity contribution is -0.121. The smallest absolute Gasteiger partial charge is 0.336 e. The third-order valence-electron chi connectivity index (χ3n) is 2.40. The minimum Gasteiger partial charge on any atom is -0.478 e. The summed E-state index contributed by atoms with van der Waals surface area (Å²) in [5.74, 6) is -1.09. The third-order valence-corrected chi connectivity index (χ3v) is 4.44. The number of amides is 1. The van der Waals surface area contributed by atoms with Crippen molar-refractivity contribution >= 4 is 38.6 Å². The van der Waals surface area contributed by atoms with Gasteiger partial charge in [0.25, 0.3) is 0 Å². The number of nitrogens with one attached hydrogen (secondary N) is 1. The summed E-state index contributed by atoms with van der Waals surface area (Å²) in [6, 6.07) is 4.54. The molecule has 0 aromatic heterocycles. The molecule has 7 heteroatoms. The fourth-order valence-corrected chi connectivity index (χ4v) is 3.00. The maximum Gasteiger partial charge on any atom is 0.336 e. The molecule has 1 aromatic rings. The molecule has 0 radical (unpaired) electrons. The van der Waals surface area contributed by atoms with Gasteiger partial charge in [-0.25, -0.2) is 4.79 Å². The highest BCUT2D eigenvalue weighted by molar-refractivity contribution is 9.10. The Kier molecular flexibility index (Phi) is 6.35. The highest BCUT2D eigenvalue weighted by Crippen LogP contribution is 2.20. The van der Waals surface area contributed by atoms with Crippen LogP contribution < -0.4 is 5.32 Å². The van der Waals surface area contributed by atoms with Crippen LogP contribution in [0.15, 0.2) is 27.6 Å². The first-order valence-electron chi connectivity index (χ1n) is 6.02. The summed E-state index contributed by atoms with van der Waals surface area (Å²) in [4.78, 5) is 22.9. The molecule has 0 spiro atoms. The molecule has 5 nitrogen and oxygen atoms in total. The van der Waals surface area contributed by atoms with Crippen LogP contribution in [0.5, 0.6) is 0 Å². The second kappa shape index (κ2) is 7.54. The third kappa shape index (κ3) is 5.05. The number of hydrogen-bond acceptors (Lipinski definition) is 3. The van der Waals surface area contributed by atoms with Gasteiger partial charge >= 0.3 is 5.97 Å². The van der Waals surface area contributed by atoms with Gasteiger partial charge in [0.05, 0.1) is 16.4 Å². The molecule has 0 aliphatic heterocycles. The van der Waals surface area contributed by atoms with Gasteiger partial charge in [0.15, 0.2) is 0 Å². The Balaban J connectivity index is 2.71. The largest absolute Gasteiger partial charge is 0.478 e. The molecule has 110 valence electrons. The van der Waals surface area contributed by atoms with Crippen molar-refractivity contribution in [3.05, 3.63) is 28.2 Å². The van der Waals surface area contributed by atoms with Gasteiger partial charge in [-0.1, -0.05) is 0 Å². The first-order valence-corrected chi connectivity index (χ1v) is 8.13. The topological polar surface area (TPSA) is 83.5 Å². The molecule has 0 saturated carbocycles. The fourth-order valence-electron chi connectivity index (χ4n) is 1.51. The van der Waals surface area contributed by atoms with E-state index in [-0.39, 0.29) is 29.7 Å². The number of carboxylic acids is 1. The predicted molar refractivity (Wildman–Crippen MR) is 80.3 cm³/mol. The van der Waals surface area contributed by atoms with Crippen molar-refractivity contribution in [1.82, 2.24) is 5.32 Å². The molecule has 1 aromatic carbocycles. The molecular weight excluding hydrogens is 346 g/mol. The van der Waals surface area contributed by atoms with Crippen LogP contribution in [0.2, 0.25) is 0 Å². The highest BCUT2D eigenvalue weighted by atomic mass is 79.9. The molecule has 0 aliphatic rings. The summed E-state index contributed by atoms with van der Waals surface area (Å²) in [6.07, 6.45) is 0.142. The molecule has 1 atom stereocenters. The Morgan fingerprint density at radius 2 is 2.05 bits per heavy atom. The van der Waals surface area contributed by atoms with Crippen molar-refractivity contribution in [1.29, 1.82) is 0 Å². The molecule has 1 unspecified atom stereocenters. The van der Waals surface area contributed by atoms with Crippen LogP contribution in [0.25, 0.3) is 0 Å². The summed E-state index contributed by atoms with van der Waals surface area (Å²) in [5.41, 5.74) is 0.0579. The summed E-state index contributed by atoms with van der Waals surface area (Å²) in [6.45, 7) is 3.70. The number of benzene rings is 1. The molecule has 20 heavy (non-hydrogen) atoms. The average Bonchev–Trinajstić information content (AvgIpc) is 2.35. The van der Waals surface area contributed by atoms with Gasteiger partial charge in [0.1, 0.15) is 0 Å². The van der Waals surface area contributed by atoms with Crippen LogP contribution in [0, 0.1) is 0 Å². The minimum atomic E-state index is -1.40. The zero-order chi connectivity index (χ0) is 15.3. The van der Waals surface area contributed by atoms with Gasteiger partial charge in [-0.15, -0.1) is 0 Å². The number of carboxylic acid groups (broad SMARTS) is 1. The number of carbonyl (C=O) groups is 2. The number of hydrogen-bond donors (Lipinski definition) is 2. The van der Waals surface area contributed by atoms with E-state index in [9.17, 15) is 13.8 Å². The number of rotatable bonds is 6. The van der Waals surface area contributed by atoms with Gasteiger partial charge in [0.2, 0.25) is 5.91 Å². The zero-order valence-corrected chi connectivity index (χ0v) is 13.6. The lowest BCUT2D eigenvalue weighted by atomic mass is 10.2. The second-order valence-corrected chi connectivity index (χ2v) is 6.89. The number of halogens is 1. The van der Waals surface area contributed by atoms with E-state index >= 15 is 0 Å². The van der Waals surface area contributed by atoms with Crippen molar-refractivity contribution in [3.8, 4) is 0 Å². The first kappa shape index (κ1) is 16.8. The van der Waals surface area contributed by atoms with E-state index in [1.165, 1.54) is 6.07 Å². The first-order chi connectivity index (χ1) is 9.31. The number of carbonyl (C=O) groups excluding carboxylic acids is 1. The van der Waals surface area contributed by atoms with Gasteiger partial charge in [0, 0.05) is 27.6 Å². The Morgan fingerprint density at radius 3 is 2.60 bits per heavy atom. The van der Waals surface area contributed by atoms with Gasteiger partial charge in [-0.3, -0.25) is 9.00 Å². The summed E-state index contributed by atoms with van der Waals surface area (Å²) in [5, 5.41) is 11.7. The Morgan fingerprint density at radius 1 is 1.40 bits per heavy atom. The summed E-state index contributed by atoms with van der Waals surface area (Å²) in [7, 11) is -1.40. The second-order valence-electron chi connectivity index (χ2n) is 4.47. The van der Waals surface area contributed by atoms with Crippen molar-refractivity contribution in [2.75, 3.05) is 5.75 Å². The quantitative estimate of drug-likeness (QED) is 0.813. The van der Waals surface area contributed by atoms with Gasteiger partial charge in [-0.2, -0.15) is 0 Å². The van der Waals surface area contributed by atoms with E-state index in [0.29, 0.717) is 9.37 Å². The maximum atomic E-state index is 12.0. The Hall–Kier alpha value is -1.21. The predicted octanol–water partition coefficient (Wildman–Crippen LogP) is 2.17. The molecule has 0 aliphatic carbocycles. The average molecular weight is 362 g/mol. The lowest BCUT2D eigenvalue weighted by Crippen LogP contribution is -2.30. The molecule has 0 fully saturated rings. The van der Waals surface area contributed by atoms with E-state index in [1.54, 1.807) is 12.1 Å². The normalized spacial score (nSPS) is 12.2. The van der Waals surface area contributed by atoms with Crippen molar-refractivity contribution in [2.45, 2.75) is 31.2 Å². The zero-order valence-electron chi connectivity index (χ0n) is 11.2. The lowest BCUT2D eigenvalue weighted by Gasteiger charge is -2.08. The van der Waals surface area contributed by atoms with Crippen LogP contribution >= 0.6 is 15.9 Å². The van der Waals surface area contributed by atoms with E-state index in [0.717, 1.165) is 0 Å². The maximum absolute atomic E-state index is 12.0. The molecule has 1 rings (SSSR count). The standard InChI is InChI=1S/C13H16BrNO4S/c1-8(2)15-12(16)5-6-20(19)9-3-4-11(14)10(7-9)13(17)18/h3-4,7-8H,5-6H2,1-2H3,(H,15,16)(H,17,18). The minimum absolute atomic E-state index is 0.0437. The fraction of sp³-hybridized carbons (Fsp3) is 0.385. The molecule has 1 amide bonds. The summed E-state index contributed by atoms with van der Waals surface area (Å²) >= 11 is 3.13. The van der Waals surface area contributed by atoms with Crippen LogP contribution in [-0.4, -0.2) is 33.0 Å². The van der Waals surface area contributed by atoms with Gasteiger partial charge in [-0.05, 0) is 48.0 Å². The number of aromatic carboxylic acids is 1. The van der Waals surface area contributed by atoms with Crippen LogP contribution in [0.4, 0.5) is 0 Å².